The maximum atomic E-state index is 12.2. The Balaban J connectivity index is 2.42. The molecule has 0 bridgehead atoms. The summed E-state index contributed by atoms with van der Waals surface area (Å²) >= 11 is 7.15. The molecule has 1 heterocycles. The summed E-state index contributed by atoms with van der Waals surface area (Å²) in [5.74, 6) is -0.896. The number of nitrogens with zero attached hydrogens (tertiary/aromatic N) is 1. The highest BCUT2D eigenvalue weighted by Crippen LogP contribution is 2.35. The summed E-state index contributed by atoms with van der Waals surface area (Å²) < 4.78 is 0.834. The van der Waals surface area contributed by atoms with Gasteiger partial charge in [0.15, 0.2) is 0 Å². The van der Waals surface area contributed by atoms with Crippen molar-refractivity contribution in [2.24, 2.45) is 5.73 Å². The highest BCUT2D eigenvalue weighted by atomic mass is 35.5. The number of carbonyl (C=O) groups excluding carboxylic acids is 2. The van der Waals surface area contributed by atoms with E-state index < -0.39 is 5.91 Å². The third kappa shape index (κ3) is 2.64. The molecule has 0 aliphatic carbocycles. The van der Waals surface area contributed by atoms with E-state index in [0.29, 0.717) is 15.6 Å². The van der Waals surface area contributed by atoms with E-state index in [1.54, 1.807) is 18.2 Å². The van der Waals surface area contributed by atoms with Crippen molar-refractivity contribution in [3.05, 3.63) is 28.1 Å². The third-order valence-corrected chi connectivity index (χ3v) is 4.02. The number of nitrogens with two attached hydrogens (primary N) is 2. The number of halogens is 1. The summed E-state index contributed by atoms with van der Waals surface area (Å²) in [6, 6.07) is 5.24. The summed E-state index contributed by atoms with van der Waals surface area (Å²) in [6.07, 6.45) is 0. The maximum Gasteiger partial charge on any atom is 0.266 e. The first-order chi connectivity index (χ1) is 8.90. The van der Waals surface area contributed by atoms with Gasteiger partial charge in [0.1, 0.15) is 4.88 Å². The van der Waals surface area contributed by atoms with Gasteiger partial charge in [0.2, 0.25) is 5.91 Å². The molecule has 7 heteroatoms. The number of anilines is 1. The first-order valence-electron chi connectivity index (χ1n) is 5.41. The largest absolute Gasteiger partial charge is 0.397 e. The Morgan fingerprint density at radius 3 is 2.74 bits per heavy atom. The molecule has 2 amide bonds. The van der Waals surface area contributed by atoms with Gasteiger partial charge in [-0.3, -0.25) is 9.59 Å². The van der Waals surface area contributed by atoms with Crippen LogP contribution < -0.4 is 11.5 Å². The van der Waals surface area contributed by atoms with E-state index in [9.17, 15) is 9.59 Å². The maximum absolute atomic E-state index is 12.2. The average molecular weight is 298 g/mol. The number of hydrogen-bond acceptors (Lipinski definition) is 4. The smallest absolute Gasteiger partial charge is 0.266 e. The van der Waals surface area contributed by atoms with Gasteiger partial charge in [-0.25, -0.2) is 0 Å². The van der Waals surface area contributed by atoms with Crippen LogP contribution in [0.4, 0.5) is 5.69 Å². The average Bonchev–Trinajstić information content (AvgIpc) is 2.64. The van der Waals surface area contributed by atoms with Crippen molar-refractivity contribution < 1.29 is 9.59 Å². The number of primary amides is 1. The van der Waals surface area contributed by atoms with E-state index in [0.717, 1.165) is 10.1 Å². The van der Waals surface area contributed by atoms with Gasteiger partial charge in [0.25, 0.3) is 5.91 Å². The van der Waals surface area contributed by atoms with Crippen LogP contribution in [0.5, 0.6) is 0 Å². The lowest BCUT2D eigenvalue weighted by Gasteiger charge is -2.14. The molecule has 100 valence electrons. The van der Waals surface area contributed by atoms with Crippen molar-refractivity contribution in [2.75, 3.05) is 19.3 Å². The Bertz CT molecular complexity index is 668. The zero-order chi connectivity index (χ0) is 14.2. The van der Waals surface area contributed by atoms with Gasteiger partial charge in [-0.1, -0.05) is 11.6 Å². The number of benzene rings is 1. The standard InChI is InChI=1S/C12H12ClN3O2S/c1-16(5-9(14)17)12(18)11-10(15)7-3-2-6(13)4-8(7)19-11/h2-4H,5,15H2,1H3,(H2,14,17). The first-order valence-corrected chi connectivity index (χ1v) is 6.61. The van der Waals surface area contributed by atoms with Crippen molar-refractivity contribution in [1.29, 1.82) is 0 Å². The molecule has 0 aliphatic heterocycles. The molecule has 19 heavy (non-hydrogen) atoms. The van der Waals surface area contributed by atoms with Crippen LogP contribution in [0, 0.1) is 0 Å². The number of amides is 2. The van der Waals surface area contributed by atoms with Gasteiger partial charge in [0.05, 0.1) is 12.2 Å². The monoisotopic (exact) mass is 297 g/mol. The molecule has 0 atom stereocenters. The molecule has 4 N–H and O–H groups in total. The van der Waals surface area contributed by atoms with Gasteiger partial charge in [0, 0.05) is 22.2 Å². The molecule has 2 rings (SSSR count). The number of nitrogen functional groups attached to an aromatic ring is 1. The molecule has 0 unspecified atom stereocenters. The number of rotatable bonds is 3. The molecule has 0 saturated carbocycles. The van der Waals surface area contributed by atoms with Crippen molar-refractivity contribution in [1.82, 2.24) is 4.90 Å². The molecular weight excluding hydrogens is 286 g/mol. The Morgan fingerprint density at radius 2 is 2.11 bits per heavy atom. The number of thiophene rings is 1. The van der Waals surface area contributed by atoms with E-state index in [1.165, 1.54) is 23.3 Å². The van der Waals surface area contributed by atoms with Crippen LogP contribution in [0.1, 0.15) is 9.67 Å². The lowest BCUT2D eigenvalue weighted by atomic mass is 10.2. The molecule has 0 fully saturated rings. The number of likely N-dealkylation sites (N-methyl/N-ethyl adjacent to an activating group) is 1. The van der Waals surface area contributed by atoms with E-state index in [-0.39, 0.29) is 12.5 Å². The van der Waals surface area contributed by atoms with Gasteiger partial charge in [-0.05, 0) is 18.2 Å². The van der Waals surface area contributed by atoms with Gasteiger partial charge >= 0.3 is 0 Å². The zero-order valence-electron chi connectivity index (χ0n) is 10.1. The predicted molar refractivity (Wildman–Crippen MR) is 77.4 cm³/mol. The Hall–Kier alpha value is -1.79. The number of hydrogen-bond donors (Lipinski definition) is 2. The van der Waals surface area contributed by atoms with Gasteiger partial charge in [-0.15, -0.1) is 11.3 Å². The molecule has 5 nitrogen and oxygen atoms in total. The minimum Gasteiger partial charge on any atom is -0.397 e. The highest BCUT2D eigenvalue weighted by molar-refractivity contribution is 7.21. The van der Waals surface area contributed by atoms with Gasteiger partial charge < -0.3 is 16.4 Å². The molecule has 0 spiro atoms. The molecule has 1 aromatic heterocycles. The van der Waals surface area contributed by atoms with E-state index in [4.69, 9.17) is 23.1 Å². The summed E-state index contributed by atoms with van der Waals surface area (Å²) in [5.41, 5.74) is 11.4. The van der Waals surface area contributed by atoms with Gasteiger partial charge in [-0.2, -0.15) is 0 Å². The van der Waals surface area contributed by atoms with Crippen LogP contribution in [0.15, 0.2) is 18.2 Å². The number of carbonyl (C=O) groups is 2. The van der Waals surface area contributed by atoms with Crippen LogP contribution in [-0.4, -0.2) is 30.3 Å². The summed E-state index contributed by atoms with van der Waals surface area (Å²) in [7, 11) is 1.50. The fraction of sp³-hybridized carbons (Fsp3) is 0.167. The fourth-order valence-electron chi connectivity index (χ4n) is 1.73. The zero-order valence-corrected chi connectivity index (χ0v) is 11.7. The number of fused-ring (bicyclic) bond motifs is 1. The molecule has 2 aromatic rings. The van der Waals surface area contributed by atoms with E-state index in [1.807, 2.05) is 0 Å². The minimum absolute atomic E-state index is 0.146. The normalized spacial score (nSPS) is 10.6. The van der Waals surface area contributed by atoms with E-state index >= 15 is 0 Å². The van der Waals surface area contributed by atoms with Crippen LogP contribution in [0.2, 0.25) is 5.02 Å². The SMILES string of the molecule is CN(CC(N)=O)C(=O)c1sc2cc(Cl)ccc2c1N. The van der Waals surface area contributed by atoms with Crippen molar-refractivity contribution in [2.45, 2.75) is 0 Å². The molecule has 0 radical (unpaired) electrons. The summed E-state index contributed by atoms with van der Waals surface area (Å²) in [6.45, 7) is -0.146. The second-order valence-electron chi connectivity index (χ2n) is 4.11. The Kier molecular flexibility index (Phi) is 3.64. The second-order valence-corrected chi connectivity index (χ2v) is 5.60. The van der Waals surface area contributed by atoms with Crippen LogP contribution in [0.3, 0.4) is 0 Å². The van der Waals surface area contributed by atoms with Crippen LogP contribution in [-0.2, 0) is 4.79 Å². The molecule has 0 aliphatic rings. The lowest BCUT2D eigenvalue weighted by molar-refractivity contribution is -0.118. The third-order valence-electron chi connectivity index (χ3n) is 2.62. The van der Waals surface area contributed by atoms with Crippen LogP contribution >= 0.6 is 22.9 Å². The topological polar surface area (TPSA) is 89.4 Å². The Labute approximate surface area is 118 Å². The van der Waals surface area contributed by atoms with Crippen LogP contribution in [0.25, 0.3) is 10.1 Å². The molecule has 1 aromatic carbocycles. The van der Waals surface area contributed by atoms with Crippen molar-refractivity contribution >= 4 is 50.5 Å². The lowest BCUT2D eigenvalue weighted by Crippen LogP contribution is -2.35. The second kappa shape index (κ2) is 5.07. The molecular formula is C12H12ClN3O2S. The minimum atomic E-state index is -0.571. The van der Waals surface area contributed by atoms with Crippen molar-refractivity contribution in [3.63, 3.8) is 0 Å². The highest BCUT2D eigenvalue weighted by Gasteiger charge is 2.20. The van der Waals surface area contributed by atoms with Crippen molar-refractivity contribution in [3.8, 4) is 0 Å². The predicted octanol–water partition coefficient (Wildman–Crippen LogP) is 1.69. The molecule has 0 saturated heterocycles. The summed E-state index contributed by atoms with van der Waals surface area (Å²) in [4.78, 5) is 24.6. The summed E-state index contributed by atoms with van der Waals surface area (Å²) in [5, 5.41) is 1.36. The first kappa shape index (κ1) is 13.6. The van der Waals surface area contributed by atoms with E-state index in [2.05, 4.69) is 0 Å². The fourth-order valence-corrected chi connectivity index (χ4v) is 3.12. The Morgan fingerprint density at radius 1 is 1.42 bits per heavy atom. The quantitative estimate of drug-likeness (QED) is 0.903.